The second-order valence-electron chi connectivity index (χ2n) is 6.89. The van der Waals surface area contributed by atoms with Gasteiger partial charge in [-0.15, -0.1) is 0 Å². The zero-order chi connectivity index (χ0) is 13.9. The van der Waals surface area contributed by atoms with Gasteiger partial charge in [-0.05, 0) is 38.0 Å². The van der Waals surface area contributed by atoms with Gasteiger partial charge in [0.25, 0.3) is 0 Å². The zero-order valence-electron chi connectivity index (χ0n) is 12.5. The van der Waals surface area contributed by atoms with E-state index in [1.807, 2.05) is 0 Å². The van der Waals surface area contributed by atoms with Crippen LogP contribution in [0.3, 0.4) is 0 Å². The Morgan fingerprint density at radius 1 is 1.37 bits per heavy atom. The van der Waals surface area contributed by atoms with Gasteiger partial charge < -0.3 is 10.5 Å². The molecule has 2 fully saturated rings. The maximum Gasteiger partial charge on any atom is 0.140 e. The molecule has 2 unspecified atom stereocenters. The van der Waals surface area contributed by atoms with E-state index in [-0.39, 0.29) is 17.4 Å². The molecule has 19 heavy (non-hydrogen) atoms. The Kier molecular flexibility index (Phi) is 5.02. The van der Waals surface area contributed by atoms with Gasteiger partial charge in [0.05, 0.1) is 5.60 Å². The highest BCUT2D eigenvalue weighted by Crippen LogP contribution is 2.42. The lowest BCUT2D eigenvalue weighted by Crippen LogP contribution is -2.42. The summed E-state index contributed by atoms with van der Waals surface area (Å²) in [7, 11) is 0. The Labute approximate surface area is 117 Å². The van der Waals surface area contributed by atoms with E-state index in [0.29, 0.717) is 18.2 Å². The fraction of sp³-hybridized carbons (Fsp3) is 0.938. The topological polar surface area (TPSA) is 52.3 Å². The van der Waals surface area contributed by atoms with Gasteiger partial charge in [-0.1, -0.05) is 26.7 Å². The summed E-state index contributed by atoms with van der Waals surface area (Å²) in [4.78, 5) is 12.7. The largest absolute Gasteiger partial charge is 0.375 e. The number of carbonyl (C=O) groups excluding carboxylic acids is 1. The maximum absolute atomic E-state index is 12.7. The van der Waals surface area contributed by atoms with Crippen molar-refractivity contribution >= 4 is 5.78 Å². The molecular formula is C16H29NO2. The fourth-order valence-electron chi connectivity index (χ4n) is 3.87. The van der Waals surface area contributed by atoms with Crippen molar-refractivity contribution < 1.29 is 9.53 Å². The average Bonchev–Trinajstić information content (AvgIpc) is 2.83. The molecule has 2 rings (SSSR count). The van der Waals surface area contributed by atoms with E-state index in [1.165, 1.54) is 12.8 Å². The van der Waals surface area contributed by atoms with Crippen molar-refractivity contribution in [2.24, 2.45) is 23.5 Å². The molecule has 0 radical (unpaired) electrons. The highest BCUT2D eigenvalue weighted by molar-refractivity contribution is 5.83. The summed E-state index contributed by atoms with van der Waals surface area (Å²) in [6, 6.07) is 0. The van der Waals surface area contributed by atoms with Crippen molar-refractivity contribution in [3.63, 3.8) is 0 Å². The second-order valence-corrected chi connectivity index (χ2v) is 6.89. The molecule has 0 aromatic carbocycles. The summed E-state index contributed by atoms with van der Waals surface area (Å²) < 4.78 is 6.02. The quantitative estimate of drug-likeness (QED) is 0.833. The van der Waals surface area contributed by atoms with Crippen LogP contribution < -0.4 is 5.73 Å². The fourth-order valence-corrected chi connectivity index (χ4v) is 3.87. The minimum Gasteiger partial charge on any atom is -0.375 e. The first-order valence-corrected chi connectivity index (χ1v) is 7.94. The number of carbonyl (C=O) groups is 1. The molecule has 0 amide bonds. The summed E-state index contributed by atoms with van der Waals surface area (Å²) in [5.41, 5.74) is 5.86. The number of hydrogen-bond donors (Lipinski definition) is 1. The highest BCUT2D eigenvalue weighted by Gasteiger charge is 2.42. The summed E-state index contributed by atoms with van der Waals surface area (Å²) in [6.45, 7) is 5.59. The smallest absolute Gasteiger partial charge is 0.140 e. The van der Waals surface area contributed by atoms with Crippen LogP contribution in [-0.2, 0) is 9.53 Å². The van der Waals surface area contributed by atoms with E-state index < -0.39 is 0 Å². The lowest BCUT2D eigenvalue weighted by Gasteiger charge is -2.38. The van der Waals surface area contributed by atoms with Crippen molar-refractivity contribution in [1.82, 2.24) is 0 Å². The van der Waals surface area contributed by atoms with E-state index in [9.17, 15) is 4.79 Å². The number of ketones is 1. The summed E-state index contributed by atoms with van der Waals surface area (Å²) >= 11 is 0. The standard InChI is InChI=1S/C16H29NO2/c1-12(2)9-14(11-17)15(18)13-5-8-19-16(10-13)6-3-4-7-16/h12-14H,3-11,17H2,1-2H3. The van der Waals surface area contributed by atoms with Crippen LogP contribution in [0.2, 0.25) is 0 Å². The van der Waals surface area contributed by atoms with Crippen molar-refractivity contribution in [2.75, 3.05) is 13.2 Å². The molecule has 1 aliphatic heterocycles. The Morgan fingerprint density at radius 3 is 2.63 bits per heavy atom. The molecule has 0 aromatic rings. The molecular weight excluding hydrogens is 238 g/mol. The van der Waals surface area contributed by atoms with Gasteiger partial charge >= 0.3 is 0 Å². The molecule has 3 heteroatoms. The second kappa shape index (κ2) is 6.36. The summed E-state index contributed by atoms with van der Waals surface area (Å²) in [5.74, 6) is 1.20. The highest BCUT2D eigenvalue weighted by atomic mass is 16.5. The van der Waals surface area contributed by atoms with Crippen LogP contribution in [0, 0.1) is 17.8 Å². The molecule has 2 N–H and O–H groups in total. The van der Waals surface area contributed by atoms with Crippen LogP contribution in [-0.4, -0.2) is 24.5 Å². The molecule has 1 heterocycles. The number of ether oxygens (including phenoxy) is 1. The number of hydrogen-bond acceptors (Lipinski definition) is 3. The van der Waals surface area contributed by atoms with E-state index in [4.69, 9.17) is 10.5 Å². The number of nitrogens with two attached hydrogens (primary N) is 1. The molecule has 2 aliphatic rings. The van der Waals surface area contributed by atoms with Crippen LogP contribution in [0.1, 0.15) is 58.8 Å². The first kappa shape index (κ1) is 15.0. The molecule has 1 spiro atoms. The molecule has 1 aliphatic carbocycles. The normalized spacial score (nSPS) is 27.9. The third kappa shape index (κ3) is 3.57. The van der Waals surface area contributed by atoms with E-state index in [0.717, 1.165) is 38.7 Å². The van der Waals surface area contributed by atoms with Gasteiger partial charge in [-0.3, -0.25) is 4.79 Å². The molecule has 0 aromatic heterocycles. The molecule has 1 saturated carbocycles. The minimum absolute atomic E-state index is 0.0373. The predicted molar refractivity (Wildman–Crippen MR) is 76.9 cm³/mol. The maximum atomic E-state index is 12.7. The molecule has 0 bridgehead atoms. The predicted octanol–water partition coefficient (Wildman–Crippen LogP) is 2.92. The summed E-state index contributed by atoms with van der Waals surface area (Å²) in [5, 5.41) is 0. The van der Waals surface area contributed by atoms with Crippen molar-refractivity contribution in [3.8, 4) is 0 Å². The van der Waals surface area contributed by atoms with E-state index in [2.05, 4.69) is 13.8 Å². The number of rotatable bonds is 5. The Balaban J connectivity index is 1.97. The van der Waals surface area contributed by atoms with Gasteiger partial charge in [-0.25, -0.2) is 0 Å². The Hall–Kier alpha value is -0.410. The number of Topliss-reactive ketones (excluding diaryl/α,β-unsaturated/α-hetero) is 1. The van der Waals surface area contributed by atoms with Crippen LogP contribution in [0.15, 0.2) is 0 Å². The van der Waals surface area contributed by atoms with Crippen LogP contribution in [0.4, 0.5) is 0 Å². The molecule has 2 atom stereocenters. The van der Waals surface area contributed by atoms with Crippen LogP contribution in [0.5, 0.6) is 0 Å². The molecule has 3 nitrogen and oxygen atoms in total. The van der Waals surface area contributed by atoms with E-state index in [1.54, 1.807) is 0 Å². The van der Waals surface area contributed by atoms with Gasteiger partial charge in [-0.2, -0.15) is 0 Å². The third-order valence-corrected chi connectivity index (χ3v) is 4.85. The van der Waals surface area contributed by atoms with Crippen LogP contribution >= 0.6 is 0 Å². The molecule has 1 saturated heterocycles. The third-order valence-electron chi connectivity index (χ3n) is 4.85. The first-order chi connectivity index (χ1) is 9.06. The van der Waals surface area contributed by atoms with Gasteiger partial charge in [0.2, 0.25) is 0 Å². The Morgan fingerprint density at radius 2 is 2.05 bits per heavy atom. The molecule has 110 valence electrons. The zero-order valence-corrected chi connectivity index (χ0v) is 12.5. The van der Waals surface area contributed by atoms with Crippen molar-refractivity contribution in [3.05, 3.63) is 0 Å². The van der Waals surface area contributed by atoms with Crippen molar-refractivity contribution in [2.45, 2.75) is 64.4 Å². The van der Waals surface area contributed by atoms with Gasteiger partial charge in [0.15, 0.2) is 0 Å². The van der Waals surface area contributed by atoms with Gasteiger partial charge in [0.1, 0.15) is 5.78 Å². The Bertz CT molecular complexity index is 308. The van der Waals surface area contributed by atoms with E-state index >= 15 is 0 Å². The van der Waals surface area contributed by atoms with Crippen molar-refractivity contribution in [1.29, 1.82) is 0 Å². The minimum atomic E-state index is 0.0373. The summed E-state index contributed by atoms with van der Waals surface area (Å²) in [6.07, 6.45) is 7.58. The SMILES string of the molecule is CC(C)CC(CN)C(=O)C1CCOC2(CCCC2)C1. The monoisotopic (exact) mass is 267 g/mol. The van der Waals surface area contributed by atoms with Gasteiger partial charge in [0, 0.05) is 25.0 Å². The average molecular weight is 267 g/mol. The lowest BCUT2D eigenvalue weighted by atomic mass is 9.77. The first-order valence-electron chi connectivity index (χ1n) is 7.94. The van der Waals surface area contributed by atoms with Crippen LogP contribution in [0.25, 0.3) is 0 Å². The lowest BCUT2D eigenvalue weighted by molar-refractivity contribution is -0.140.